The van der Waals surface area contributed by atoms with Gasteiger partial charge in [0, 0.05) is 5.56 Å². The lowest BCUT2D eigenvalue weighted by Gasteiger charge is -2.18. The Kier molecular flexibility index (Phi) is 2.79. The van der Waals surface area contributed by atoms with Crippen molar-refractivity contribution < 1.29 is 9.47 Å². The summed E-state index contributed by atoms with van der Waals surface area (Å²) in [5.74, 6) is 0.873. The van der Waals surface area contributed by atoms with E-state index in [1.165, 1.54) is 0 Å². The van der Waals surface area contributed by atoms with Crippen molar-refractivity contribution >= 4 is 34.8 Å². The molecule has 70 valence electrons. The fourth-order valence-corrected chi connectivity index (χ4v) is 2.63. The van der Waals surface area contributed by atoms with Crippen molar-refractivity contribution in [1.82, 2.24) is 0 Å². The van der Waals surface area contributed by atoms with Gasteiger partial charge in [0.15, 0.2) is 6.79 Å². The topological polar surface area (TPSA) is 18.5 Å². The second-order valence-corrected chi connectivity index (χ2v) is 7.34. The molecule has 2 rings (SSSR count). The molecule has 1 heterocycles. The Bertz CT molecular complexity index is 317. The Labute approximate surface area is 87.4 Å². The molecule has 1 aliphatic rings. The highest BCUT2D eigenvalue weighted by atomic mass is 35.7. The first kappa shape index (κ1) is 9.34. The molecular formula is C8H8Cl2O2Si. The Balaban J connectivity index is 2.35. The van der Waals surface area contributed by atoms with E-state index >= 15 is 0 Å². The minimum Gasteiger partial charge on any atom is -0.467 e. The van der Waals surface area contributed by atoms with Gasteiger partial charge in [0.05, 0.1) is 6.61 Å². The molecule has 0 atom stereocenters. The maximum atomic E-state index is 5.87. The molecule has 13 heavy (non-hydrogen) atoms. The molecule has 0 bridgehead atoms. The van der Waals surface area contributed by atoms with Gasteiger partial charge in [0.2, 0.25) is 0 Å². The summed E-state index contributed by atoms with van der Waals surface area (Å²) in [6.07, 6.45) is 0. The van der Waals surface area contributed by atoms with Gasteiger partial charge in [-0.3, -0.25) is 0 Å². The first-order valence-corrected chi connectivity index (χ1v) is 7.96. The molecule has 0 aromatic heterocycles. The Morgan fingerprint density at radius 3 is 2.92 bits per heavy atom. The summed E-state index contributed by atoms with van der Waals surface area (Å²) in [5, 5.41) is 1.01. The van der Waals surface area contributed by atoms with E-state index in [4.69, 9.17) is 31.6 Å². The number of halogens is 2. The Morgan fingerprint density at radius 2 is 2.15 bits per heavy atom. The highest BCUT2D eigenvalue weighted by Gasteiger charge is 2.13. The molecule has 0 saturated carbocycles. The summed E-state index contributed by atoms with van der Waals surface area (Å²) >= 11 is 11.7. The molecule has 0 unspecified atom stereocenters. The van der Waals surface area contributed by atoms with Gasteiger partial charge in [-0.15, -0.1) is 22.2 Å². The quantitative estimate of drug-likeness (QED) is 0.542. The molecule has 0 spiro atoms. The predicted octanol–water partition coefficient (Wildman–Crippen LogP) is 1.46. The number of rotatable bonds is 1. The smallest absolute Gasteiger partial charge is 0.266 e. The van der Waals surface area contributed by atoms with Crippen molar-refractivity contribution in [1.29, 1.82) is 0 Å². The van der Waals surface area contributed by atoms with Crippen LogP contribution in [-0.4, -0.2) is 14.2 Å². The molecule has 5 heteroatoms. The van der Waals surface area contributed by atoms with Crippen LogP contribution in [0.4, 0.5) is 0 Å². The third-order valence-corrected chi connectivity index (χ3v) is 4.27. The largest absolute Gasteiger partial charge is 0.467 e. The molecule has 2 nitrogen and oxygen atoms in total. The van der Waals surface area contributed by atoms with Crippen LogP contribution in [-0.2, 0) is 11.3 Å². The van der Waals surface area contributed by atoms with Crippen molar-refractivity contribution in [3.63, 3.8) is 0 Å². The van der Waals surface area contributed by atoms with Gasteiger partial charge < -0.3 is 9.47 Å². The molecule has 0 saturated heterocycles. The van der Waals surface area contributed by atoms with Gasteiger partial charge in [-0.05, 0) is 11.3 Å². The van der Waals surface area contributed by atoms with Crippen LogP contribution in [0.3, 0.4) is 0 Å². The molecule has 0 amide bonds. The molecule has 0 N–H and O–H groups in total. The lowest BCUT2D eigenvalue weighted by molar-refractivity contribution is -0.0163. The van der Waals surface area contributed by atoms with Crippen molar-refractivity contribution in [2.45, 2.75) is 6.61 Å². The normalized spacial score (nSPS) is 15.3. The Morgan fingerprint density at radius 1 is 1.31 bits per heavy atom. The van der Waals surface area contributed by atoms with Gasteiger partial charge in [0.25, 0.3) is 7.42 Å². The van der Waals surface area contributed by atoms with Crippen molar-refractivity contribution in [2.24, 2.45) is 0 Å². The van der Waals surface area contributed by atoms with E-state index in [9.17, 15) is 0 Å². The summed E-state index contributed by atoms with van der Waals surface area (Å²) in [6.45, 7) is 0.910. The average Bonchev–Trinajstić information content (AvgIpc) is 2.17. The SMILES string of the molecule is Cl[SiH](Cl)c1ccc2c(c1)COCO2. The van der Waals surface area contributed by atoms with Gasteiger partial charge in [-0.2, -0.15) is 0 Å². The molecule has 1 aromatic rings. The summed E-state index contributed by atoms with van der Waals surface area (Å²) in [4.78, 5) is 0. The lowest BCUT2D eigenvalue weighted by Crippen LogP contribution is -2.21. The van der Waals surface area contributed by atoms with E-state index in [0.717, 1.165) is 16.5 Å². The fourth-order valence-electron chi connectivity index (χ4n) is 1.25. The summed E-state index contributed by atoms with van der Waals surface area (Å²) in [7, 11) is -1.75. The highest BCUT2D eigenvalue weighted by molar-refractivity contribution is 7.39. The van der Waals surface area contributed by atoms with E-state index in [-0.39, 0.29) is 0 Å². The van der Waals surface area contributed by atoms with Crippen LogP contribution >= 0.6 is 22.2 Å². The molecule has 0 aliphatic carbocycles. The van der Waals surface area contributed by atoms with E-state index in [0.29, 0.717) is 13.4 Å². The van der Waals surface area contributed by atoms with Gasteiger partial charge in [-0.25, -0.2) is 0 Å². The number of fused-ring (bicyclic) bond motifs is 1. The second-order valence-electron chi connectivity index (χ2n) is 2.78. The van der Waals surface area contributed by atoms with E-state index in [2.05, 4.69) is 0 Å². The zero-order valence-electron chi connectivity index (χ0n) is 6.80. The molecule has 1 aromatic carbocycles. The summed E-state index contributed by atoms with van der Waals surface area (Å²) in [6, 6.07) is 5.78. The Hall–Kier alpha value is -0.223. The van der Waals surface area contributed by atoms with Crippen molar-refractivity contribution in [3.05, 3.63) is 23.8 Å². The average molecular weight is 235 g/mol. The molecular weight excluding hydrogens is 227 g/mol. The van der Waals surface area contributed by atoms with E-state index < -0.39 is 7.42 Å². The minimum absolute atomic E-state index is 0.328. The minimum atomic E-state index is -1.75. The first-order valence-electron chi connectivity index (χ1n) is 3.89. The van der Waals surface area contributed by atoms with Crippen molar-refractivity contribution in [2.75, 3.05) is 6.79 Å². The first-order chi connectivity index (χ1) is 6.27. The van der Waals surface area contributed by atoms with Crippen LogP contribution in [0.2, 0.25) is 0 Å². The maximum Gasteiger partial charge on any atom is 0.266 e. The van der Waals surface area contributed by atoms with Crippen LogP contribution < -0.4 is 9.92 Å². The van der Waals surface area contributed by atoms with Crippen LogP contribution in [0.25, 0.3) is 0 Å². The van der Waals surface area contributed by atoms with Crippen LogP contribution in [0.1, 0.15) is 5.56 Å². The molecule has 1 aliphatic heterocycles. The number of hydrogen-bond donors (Lipinski definition) is 0. The molecule has 0 fully saturated rings. The maximum absolute atomic E-state index is 5.87. The van der Waals surface area contributed by atoms with Crippen LogP contribution in [0.5, 0.6) is 5.75 Å². The number of benzene rings is 1. The standard InChI is InChI=1S/C8H8Cl2O2Si/c9-13(10)7-1-2-8-6(3-7)4-11-5-12-8/h1-3,13H,4-5H2. The van der Waals surface area contributed by atoms with Crippen LogP contribution in [0, 0.1) is 0 Å². The predicted molar refractivity (Wildman–Crippen MR) is 55.2 cm³/mol. The van der Waals surface area contributed by atoms with E-state index in [1.54, 1.807) is 0 Å². The highest BCUT2D eigenvalue weighted by Crippen LogP contribution is 2.22. The fraction of sp³-hybridized carbons (Fsp3) is 0.250. The van der Waals surface area contributed by atoms with Gasteiger partial charge in [-0.1, -0.05) is 12.1 Å². The number of hydrogen-bond acceptors (Lipinski definition) is 2. The zero-order valence-corrected chi connectivity index (χ0v) is 9.46. The number of ether oxygens (including phenoxy) is 2. The lowest BCUT2D eigenvalue weighted by atomic mass is 10.2. The van der Waals surface area contributed by atoms with Crippen molar-refractivity contribution in [3.8, 4) is 5.75 Å². The van der Waals surface area contributed by atoms with E-state index in [1.807, 2.05) is 18.2 Å². The van der Waals surface area contributed by atoms with Gasteiger partial charge >= 0.3 is 0 Å². The second kappa shape index (κ2) is 3.88. The van der Waals surface area contributed by atoms with Crippen LogP contribution in [0.15, 0.2) is 18.2 Å². The summed E-state index contributed by atoms with van der Waals surface area (Å²) < 4.78 is 10.4. The zero-order chi connectivity index (χ0) is 9.26. The monoisotopic (exact) mass is 234 g/mol. The van der Waals surface area contributed by atoms with Gasteiger partial charge in [0.1, 0.15) is 5.75 Å². The third kappa shape index (κ3) is 1.99. The molecule has 0 radical (unpaired) electrons. The summed E-state index contributed by atoms with van der Waals surface area (Å²) in [5.41, 5.74) is 1.03. The third-order valence-electron chi connectivity index (χ3n) is 1.89.